The molecule has 1 aliphatic rings. The monoisotopic (exact) mass is 360 g/mol. The van der Waals surface area contributed by atoms with Crippen LogP contribution in [-0.2, 0) is 6.54 Å². The Labute approximate surface area is 159 Å². The minimum absolute atomic E-state index is 0.0347. The van der Waals surface area contributed by atoms with Crippen LogP contribution >= 0.6 is 0 Å². The summed E-state index contributed by atoms with van der Waals surface area (Å²) in [6, 6.07) is 19.0. The van der Waals surface area contributed by atoms with Crippen molar-refractivity contribution in [2.45, 2.75) is 13.5 Å². The number of aromatic nitrogens is 2. The normalized spacial score (nSPS) is 15.1. The average molecular weight is 360 g/mol. The number of para-hydroxylation sites is 1. The maximum absolute atomic E-state index is 11.4. The molecule has 27 heavy (non-hydrogen) atoms. The number of hydrogen-bond donors (Lipinski definition) is 0. The maximum Gasteiger partial charge on any atom is 0.162 e. The van der Waals surface area contributed by atoms with Crippen molar-refractivity contribution in [3.05, 3.63) is 78.1 Å². The Bertz CT molecular complexity index is 894. The predicted octanol–water partition coefficient (Wildman–Crippen LogP) is 3.40. The molecule has 4 rings (SSSR count). The Hall–Kier alpha value is -2.92. The minimum atomic E-state index is 0.0347. The molecule has 0 aliphatic carbocycles. The van der Waals surface area contributed by atoms with Crippen molar-refractivity contribution < 1.29 is 4.79 Å². The van der Waals surface area contributed by atoms with Crippen molar-refractivity contribution in [1.29, 1.82) is 0 Å². The van der Waals surface area contributed by atoms with E-state index >= 15 is 0 Å². The van der Waals surface area contributed by atoms with E-state index in [0.717, 1.165) is 38.4 Å². The second-order valence-corrected chi connectivity index (χ2v) is 6.99. The van der Waals surface area contributed by atoms with Gasteiger partial charge in [-0.25, -0.2) is 4.68 Å². The lowest BCUT2D eigenvalue weighted by Gasteiger charge is -2.36. The van der Waals surface area contributed by atoms with Crippen LogP contribution < -0.4 is 4.90 Å². The maximum atomic E-state index is 11.4. The highest BCUT2D eigenvalue weighted by Gasteiger charge is 2.17. The summed E-state index contributed by atoms with van der Waals surface area (Å²) in [5.41, 5.74) is 4.21. The SMILES string of the molecule is CC(=O)c1cnn(-c2ccc(CN3CCN(c4ccccc4)CC3)cc2)c1. The van der Waals surface area contributed by atoms with Gasteiger partial charge in [0.15, 0.2) is 5.78 Å². The van der Waals surface area contributed by atoms with Crippen LogP contribution in [0.25, 0.3) is 5.69 Å². The van der Waals surface area contributed by atoms with E-state index in [1.807, 2.05) is 0 Å². The molecular formula is C22H24N4O. The zero-order valence-corrected chi connectivity index (χ0v) is 15.6. The van der Waals surface area contributed by atoms with Crippen molar-refractivity contribution in [2.75, 3.05) is 31.1 Å². The van der Waals surface area contributed by atoms with Crippen molar-refractivity contribution in [1.82, 2.24) is 14.7 Å². The Kier molecular flexibility index (Phi) is 5.03. The predicted molar refractivity (Wildman–Crippen MR) is 108 cm³/mol. The van der Waals surface area contributed by atoms with Gasteiger partial charge in [0, 0.05) is 44.6 Å². The summed E-state index contributed by atoms with van der Waals surface area (Å²) in [7, 11) is 0. The second kappa shape index (κ2) is 7.76. The lowest BCUT2D eigenvalue weighted by molar-refractivity contribution is 0.101. The molecule has 0 spiro atoms. The summed E-state index contributed by atoms with van der Waals surface area (Å²) in [6.45, 7) is 6.77. The van der Waals surface area contributed by atoms with Gasteiger partial charge in [0.1, 0.15) is 0 Å². The zero-order chi connectivity index (χ0) is 18.6. The molecule has 2 heterocycles. The number of carbonyl (C=O) groups excluding carboxylic acids is 1. The van der Waals surface area contributed by atoms with Gasteiger partial charge in [-0.05, 0) is 36.8 Å². The fraction of sp³-hybridized carbons (Fsp3) is 0.273. The average Bonchev–Trinajstić information content (AvgIpc) is 3.20. The number of anilines is 1. The quantitative estimate of drug-likeness (QED) is 0.654. The fourth-order valence-electron chi connectivity index (χ4n) is 3.46. The van der Waals surface area contributed by atoms with Gasteiger partial charge < -0.3 is 4.90 Å². The molecule has 0 N–H and O–H groups in total. The number of nitrogens with zero attached hydrogens (tertiary/aromatic N) is 4. The first kappa shape index (κ1) is 17.5. The third kappa shape index (κ3) is 4.09. The third-order valence-corrected chi connectivity index (χ3v) is 5.09. The van der Waals surface area contributed by atoms with E-state index in [2.05, 4.69) is 69.5 Å². The van der Waals surface area contributed by atoms with E-state index in [0.29, 0.717) is 5.56 Å². The molecule has 3 aromatic rings. The van der Waals surface area contributed by atoms with E-state index in [1.165, 1.54) is 11.3 Å². The summed E-state index contributed by atoms with van der Waals surface area (Å²) < 4.78 is 1.75. The Morgan fingerprint density at radius 1 is 0.926 bits per heavy atom. The van der Waals surface area contributed by atoms with E-state index in [4.69, 9.17) is 0 Å². The number of ketones is 1. The van der Waals surface area contributed by atoms with Gasteiger partial charge in [0.2, 0.25) is 0 Å². The first-order valence-corrected chi connectivity index (χ1v) is 9.36. The van der Waals surface area contributed by atoms with Crippen LogP contribution in [0.15, 0.2) is 67.0 Å². The van der Waals surface area contributed by atoms with Gasteiger partial charge in [-0.1, -0.05) is 30.3 Å². The van der Waals surface area contributed by atoms with Gasteiger partial charge in [-0.15, -0.1) is 0 Å². The number of rotatable bonds is 5. The number of benzene rings is 2. The summed E-state index contributed by atoms with van der Waals surface area (Å²) in [6.07, 6.45) is 3.39. The molecule has 0 radical (unpaired) electrons. The first-order valence-electron chi connectivity index (χ1n) is 9.36. The van der Waals surface area contributed by atoms with Crippen LogP contribution in [0.5, 0.6) is 0 Å². The third-order valence-electron chi connectivity index (χ3n) is 5.09. The Morgan fingerprint density at radius 3 is 2.26 bits per heavy atom. The van der Waals surface area contributed by atoms with Crippen molar-refractivity contribution in [3.8, 4) is 5.69 Å². The minimum Gasteiger partial charge on any atom is -0.369 e. The van der Waals surface area contributed by atoms with Gasteiger partial charge in [-0.2, -0.15) is 5.10 Å². The highest BCUT2D eigenvalue weighted by atomic mass is 16.1. The molecule has 0 bridgehead atoms. The summed E-state index contributed by atoms with van der Waals surface area (Å²) in [5.74, 6) is 0.0347. The van der Waals surface area contributed by atoms with Gasteiger partial charge >= 0.3 is 0 Å². The second-order valence-electron chi connectivity index (χ2n) is 6.99. The molecule has 0 saturated carbocycles. The molecule has 0 atom stereocenters. The van der Waals surface area contributed by atoms with E-state index in [9.17, 15) is 4.79 Å². The Balaban J connectivity index is 1.34. The van der Waals surface area contributed by atoms with Crippen molar-refractivity contribution in [2.24, 2.45) is 0 Å². The molecule has 1 aliphatic heterocycles. The fourth-order valence-corrected chi connectivity index (χ4v) is 3.46. The van der Waals surface area contributed by atoms with Crippen LogP contribution in [-0.4, -0.2) is 46.6 Å². The smallest absolute Gasteiger partial charge is 0.162 e. The summed E-state index contributed by atoms with van der Waals surface area (Å²) >= 11 is 0. The lowest BCUT2D eigenvalue weighted by Crippen LogP contribution is -2.45. The molecule has 2 aromatic carbocycles. The van der Waals surface area contributed by atoms with Crippen LogP contribution in [0.2, 0.25) is 0 Å². The highest BCUT2D eigenvalue weighted by Crippen LogP contribution is 2.17. The number of piperazine rings is 1. The topological polar surface area (TPSA) is 41.4 Å². The number of hydrogen-bond acceptors (Lipinski definition) is 4. The molecule has 5 nitrogen and oxygen atoms in total. The molecule has 1 saturated heterocycles. The molecule has 0 amide bonds. The zero-order valence-electron chi connectivity index (χ0n) is 15.6. The number of Topliss-reactive ketones (excluding diaryl/α,β-unsaturated/α-hetero) is 1. The van der Waals surface area contributed by atoms with E-state index in [1.54, 1.807) is 24.0 Å². The van der Waals surface area contributed by atoms with Gasteiger partial charge in [0.05, 0.1) is 17.4 Å². The standard InChI is InChI=1S/C22H24N4O/c1-18(27)20-15-23-26(17-20)22-9-7-19(8-10-22)16-24-11-13-25(14-12-24)21-5-3-2-4-6-21/h2-10,15,17H,11-14,16H2,1H3. The Morgan fingerprint density at radius 2 is 1.63 bits per heavy atom. The van der Waals surface area contributed by atoms with E-state index < -0.39 is 0 Å². The van der Waals surface area contributed by atoms with Crippen LogP contribution in [0.3, 0.4) is 0 Å². The summed E-state index contributed by atoms with van der Waals surface area (Å²) in [4.78, 5) is 16.4. The van der Waals surface area contributed by atoms with Crippen LogP contribution in [0.1, 0.15) is 22.8 Å². The lowest BCUT2D eigenvalue weighted by atomic mass is 10.1. The van der Waals surface area contributed by atoms with E-state index in [-0.39, 0.29) is 5.78 Å². The number of carbonyl (C=O) groups is 1. The van der Waals surface area contributed by atoms with Gasteiger partial charge in [-0.3, -0.25) is 9.69 Å². The molecular weight excluding hydrogens is 336 g/mol. The largest absolute Gasteiger partial charge is 0.369 e. The highest BCUT2D eigenvalue weighted by molar-refractivity contribution is 5.93. The molecule has 1 fully saturated rings. The van der Waals surface area contributed by atoms with Crippen molar-refractivity contribution in [3.63, 3.8) is 0 Å². The molecule has 5 heteroatoms. The van der Waals surface area contributed by atoms with Gasteiger partial charge in [0.25, 0.3) is 0 Å². The first-order chi connectivity index (χ1) is 13.2. The van der Waals surface area contributed by atoms with Crippen molar-refractivity contribution >= 4 is 11.5 Å². The molecule has 0 unspecified atom stereocenters. The van der Waals surface area contributed by atoms with Crippen LogP contribution in [0, 0.1) is 0 Å². The van der Waals surface area contributed by atoms with Crippen LogP contribution in [0.4, 0.5) is 5.69 Å². The molecule has 1 aromatic heterocycles. The summed E-state index contributed by atoms with van der Waals surface area (Å²) in [5, 5.41) is 4.27. The molecule has 138 valence electrons.